The van der Waals surface area contributed by atoms with Gasteiger partial charge in [-0.15, -0.1) is 0 Å². The molecule has 0 bridgehead atoms. The summed E-state index contributed by atoms with van der Waals surface area (Å²) in [6.45, 7) is 3.25. The molecule has 0 aliphatic heterocycles. The minimum absolute atomic E-state index is 0.0522. The Kier molecular flexibility index (Phi) is 3.16. The average molecular weight is 233 g/mol. The molecular formula is C9H10F3N3O. The highest BCUT2D eigenvalue weighted by molar-refractivity contribution is 5.90. The van der Waals surface area contributed by atoms with Crippen LogP contribution in [0.4, 0.5) is 13.2 Å². The quantitative estimate of drug-likeness (QED) is 0.845. The average Bonchev–Trinajstić information content (AvgIpc) is 2.15. The van der Waals surface area contributed by atoms with Crippen LogP contribution >= 0.6 is 0 Å². The summed E-state index contributed by atoms with van der Waals surface area (Å²) in [6.07, 6.45) is -4.61. The fourth-order valence-electron chi connectivity index (χ4n) is 0.996. The fraction of sp³-hybridized carbons (Fsp3) is 0.444. The van der Waals surface area contributed by atoms with Crippen LogP contribution in [0.5, 0.6) is 0 Å². The van der Waals surface area contributed by atoms with Crippen LogP contribution in [0.15, 0.2) is 6.07 Å². The highest BCUT2D eigenvalue weighted by Crippen LogP contribution is 2.28. The van der Waals surface area contributed by atoms with Gasteiger partial charge >= 0.3 is 6.18 Å². The number of carbonyl (C=O) groups is 1. The summed E-state index contributed by atoms with van der Waals surface area (Å²) in [5.74, 6) is -1.38. The lowest BCUT2D eigenvalue weighted by Crippen LogP contribution is -2.19. The maximum absolute atomic E-state index is 12.4. The number of nitrogens with zero attached hydrogens (tertiary/aromatic N) is 2. The molecule has 7 heteroatoms. The van der Waals surface area contributed by atoms with Crippen LogP contribution < -0.4 is 5.73 Å². The van der Waals surface area contributed by atoms with Gasteiger partial charge in [0.05, 0.1) is 0 Å². The number of nitrogens with two attached hydrogens (primary N) is 1. The van der Waals surface area contributed by atoms with Crippen molar-refractivity contribution in [1.29, 1.82) is 0 Å². The lowest BCUT2D eigenvalue weighted by molar-refractivity contribution is -0.141. The van der Waals surface area contributed by atoms with Gasteiger partial charge in [0.15, 0.2) is 0 Å². The molecule has 0 aliphatic rings. The summed E-state index contributed by atoms with van der Waals surface area (Å²) in [4.78, 5) is 17.8. The van der Waals surface area contributed by atoms with E-state index in [0.29, 0.717) is 6.07 Å². The first-order valence-electron chi connectivity index (χ1n) is 4.47. The second kappa shape index (κ2) is 4.07. The van der Waals surface area contributed by atoms with E-state index in [1.54, 1.807) is 13.8 Å². The summed E-state index contributed by atoms with van der Waals surface area (Å²) in [7, 11) is 0. The Hall–Kier alpha value is -1.66. The van der Waals surface area contributed by atoms with Crippen LogP contribution in [0.1, 0.15) is 41.8 Å². The molecule has 0 radical (unpaired) electrons. The third-order valence-electron chi connectivity index (χ3n) is 1.80. The van der Waals surface area contributed by atoms with Gasteiger partial charge in [0.25, 0.3) is 5.91 Å². The Morgan fingerprint density at radius 2 is 1.94 bits per heavy atom. The van der Waals surface area contributed by atoms with Crippen LogP contribution in [-0.4, -0.2) is 15.9 Å². The molecule has 1 rings (SSSR count). The maximum atomic E-state index is 12.4. The number of hydrogen-bond acceptors (Lipinski definition) is 3. The molecule has 4 nitrogen and oxygen atoms in total. The molecule has 1 amide bonds. The van der Waals surface area contributed by atoms with E-state index in [1.807, 2.05) is 0 Å². The summed E-state index contributed by atoms with van der Waals surface area (Å²) < 4.78 is 37.3. The number of alkyl halides is 3. The molecule has 0 atom stereocenters. The van der Waals surface area contributed by atoms with Crippen LogP contribution in [0.3, 0.4) is 0 Å². The van der Waals surface area contributed by atoms with E-state index in [1.165, 1.54) is 0 Å². The first-order chi connectivity index (χ1) is 7.21. The number of primary amides is 1. The predicted molar refractivity (Wildman–Crippen MR) is 49.6 cm³/mol. The Balaban J connectivity index is 3.36. The molecule has 0 saturated heterocycles. The van der Waals surface area contributed by atoms with E-state index in [2.05, 4.69) is 9.97 Å². The van der Waals surface area contributed by atoms with Gasteiger partial charge in [-0.2, -0.15) is 13.2 Å². The molecule has 0 unspecified atom stereocenters. The zero-order valence-corrected chi connectivity index (χ0v) is 8.67. The molecular weight excluding hydrogens is 223 g/mol. The van der Waals surface area contributed by atoms with Crippen molar-refractivity contribution >= 4 is 5.91 Å². The third-order valence-corrected chi connectivity index (χ3v) is 1.80. The van der Waals surface area contributed by atoms with Crippen LogP contribution in [0.25, 0.3) is 0 Å². The largest absolute Gasteiger partial charge is 0.433 e. The number of amides is 1. The Morgan fingerprint density at radius 3 is 2.31 bits per heavy atom. The second-order valence-corrected chi connectivity index (χ2v) is 3.51. The Morgan fingerprint density at radius 1 is 1.38 bits per heavy atom. The first-order valence-corrected chi connectivity index (χ1v) is 4.47. The number of rotatable bonds is 2. The van der Waals surface area contributed by atoms with E-state index >= 15 is 0 Å². The Labute approximate surface area is 89.7 Å². The minimum atomic E-state index is -4.61. The van der Waals surface area contributed by atoms with Crippen molar-refractivity contribution < 1.29 is 18.0 Å². The monoisotopic (exact) mass is 233 g/mol. The zero-order chi connectivity index (χ0) is 12.5. The lowest BCUT2D eigenvalue weighted by Gasteiger charge is -2.10. The highest BCUT2D eigenvalue weighted by Gasteiger charge is 2.34. The maximum Gasteiger partial charge on any atom is 0.433 e. The predicted octanol–water partition coefficient (Wildman–Crippen LogP) is 1.72. The molecule has 0 aromatic carbocycles. The van der Waals surface area contributed by atoms with Crippen molar-refractivity contribution in [3.05, 3.63) is 23.3 Å². The van der Waals surface area contributed by atoms with Gasteiger partial charge in [0.2, 0.25) is 0 Å². The van der Waals surface area contributed by atoms with Gasteiger partial charge in [-0.3, -0.25) is 4.79 Å². The number of halogens is 3. The second-order valence-electron chi connectivity index (χ2n) is 3.51. The lowest BCUT2D eigenvalue weighted by atomic mass is 10.2. The van der Waals surface area contributed by atoms with Crippen molar-refractivity contribution in [2.24, 2.45) is 5.73 Å². The number of carbonyl (C=O) groups excluding carboxylic acids is 1. The van der Waals surface area contributed by atoms with Gasteiger partial charge in [-0.1, -0.05) is 13.8 Å². The third kappa shape index (κ3) is 2.68. The summed E-state index contributed by atoms with van der Waals surface area (Å²) in [6, 6.07) is 0.550. The molecule has 16 heavy (non-hydrogen) atoms. The molecule has 0 spiro atoms. The molecule has 88 valence electrons. The van der Waals surface area contributed by atoms with E-state index < -0.39 is 23.5 Å². The van der Waals surface area contributed by atoms with Crippen molar-refractivity contribution in [3.8, 4) is 0 Å². The highest BCUT2D eigenvalue weighted by atomic mass is 19.4. The van der Waals surface area contributed by atoms with E-state index in [4.69, 9.17) is 5.73 Å². The molecule has 2 N–H and O–H groups in total. The Bertz CT molecular complexity index is 415. The molecule has 0 saturated carbocycles. The van der Waals surface area contributed by atoms with Crippen LogP contribution in [0.2, 0.25) is 0 Å². The molecule has 1 aromatic heterocycles. The first kappa shape index (κ1) is 12.4. The van der Waals surface area contributed by atoms with E-state index in [9.17, 15) is 18.0 Å². The standard InChI is InChI=1S/C9H10F3N3O/c1-4(2)8-14-5(7(13)16)3-6(15-8)9(10,11)12/h3-4H,1-2H3,(H2,13,16). The van der Waals surface area contributed by atoms with Crippen molar-refractivity contribution in [2.75, 3.05) is 0 Å². The normalized spacial score (nSPS) is 11.9. The topological polar surface area (TPSA) is 68.9 Å². The summed E-state index contributed by atoms with van der Waals surface area (Å²) >= 11 is 0. The van der Waals surface area contributed by atoms with Crippen molar-refractivity contribution in [1.82, 2.24) is 9.97 Å². The number of aromatic nitrogens is 2. The number of hydrogen-bond donors (Lipinski definition) is 1. The van der Waals surface area contributed by atoms with Gasteiger partial charge in [-0.25, -0.2) is 9.97 Å². The van der Waals surface area contributed by atoms with Gasteiger partial charge in [-0.05, 0) is 0 Å². The van der Waals surface area contributed by atoms with Crippen molar-refractivity contribution in [3.63, 3.8) is 0 Å². The molecule has 0 fully saturated rings. The molecule has 1 aromatic rings. The van der Waals surface area contributed by atoms with Gasteiger partial charge < -0.3 is 5.73 Å². The van der Waals surface area contributed by atoms with Gasteiger partial charge in [0, 0.05) is 12.0 Å². The SMILES string of the molecule is CC(C)c1nc(C(N)=O)cc(C(F)(F)F)n1. The van der Waals surface area contributed by atoms with Crippen LogP contribution in [0, 0.1) is 0 Å². The minimum Gasteiger partial charge on any atom is -0.364 e. The van der Waals surface area contributed by atoms with Crippen molar-refractivity contribution in [2.45, 2.75) is 25.9 Å². The van der Waals surface area contributed by atoms with E-state index in [-0.39, 0.29) is 11.7 Å². The summed E-state index contributed by atoms with van der Waals surface area (Å²) in [5, 5.41) is 0. The smallest absolute Gasteiger partial charge is 0.364 e. The van der Waals surface area contributed by atoms with Crippen LogP contribution in [-0.2, 0) is 6.18 Å². The fourth-order valence-corrected chi connectivity index (χ4v) is 0.996. The molecule has 0 aliphatic carbocycles. The van der Waals surface area contributed by atoms with E-state index in [0.717, 1.165) is 0 Å². The zero-order valence-electron chi connectivity index (χ0n) is 8.67. The van der Waals surface area contributed by atoms with Gasteiger partial charge in [0.1, 0.15) is 17.2 Å². The summed E-state index contributed by atoms with van der Waals surface area (Å²) in [5.41, 5.74) is 3.32. The molecule has 1 heterocycles.